The van der Waals surface area contributed by atoms with Crippen LogP contribution in [0.15, 0.2) is 41.2 Å². The fourth-order valence-corrected chi connectivity index (χ4v) is 2.71. The van der Waals surface area contributed by atoms with E-state index < -0.39 is 23.7 Å². The van der Waals surface area contributed by atoms with Gasteiger partial charge in [0.1, 0.15) is 11.5 Å². The Kier molecular flexibility index (Phi) is 5.07. The van der Waals surface area contributed by atoms with Gasteiger partial charge in [-0.2, -0.15) is 18.2 Å². The van der Waals surface area contributed by atoms with Crippen molar-refractivity contribution in [3.63, 3.8) is 0 Å². The molecule has 1 aromatic carbocycles. The van der Waals surface area contributed by atoms with Gasteiger partial charge < -0.3 is 10.4 Å². The number of aromatic nitrogens is 3. The molecular formula is C17H14ClF3N4O2. The van der Waals surface area contributed by atoms with Crippen LogP contribution >= 0.6 is 11.6 Å². The fourth-order valence-electron chi connectivity index (χ4n) is 2.49. The van der Waals surface area contributed by atoms with Crippen molar-refractivity contribution in [1.82, 2.24) is 14.5 Å². The Balaban J connectivity index is 2.34. The van der Waals surface area contributed by atoms with Crippen LogP contribution in [0, 0.1) is 0 Å². The minimum Gasteiger partial charge on any atom is -0.392 e. The summed E-state index contributed by atoms with van der Waals surface area (Å²) in [7, 11) is 0. The summed E-state index contributed by atoms with van der Waals surface area (Å²) in [6, 6.07) is 8.18. The molecule has 0 saturated heterocycles. The molecule has 0 aliphatic rings. The Morgan fingerprint density at radius 1 is 1.22 bits per heavy atom. The smallest absolute Gasteiger partial charge is 0.392 e. The van der Waals surface area contributed by atoms with Gasteiger partial charge in [-0.3, -0.25) is 0 Å². The van der Waals surface area contributed by atoms with Crippen molar-refractivity contribution in [3.05, 3.63) is 57.6 Å². The number of nitrogens with one attached hydrogen (secondary N) is 1. The van der Waals surface area contributed by atoms with Gasteiger partial charge in [-0.05, 0) is 31.2 Å². The van der Waals surface area contributed by atoms with Crippen LogP contribution in [-0.2, 0) is 6.18 Å². The number of benzene rings is 1. The maximum absolute atomic E-state index is 13.1. The molecule has 0 bridgehead atoms. The first kappa shape index (κ1) is 19.1. The number of anilines is 1. The predicted molar refractivity (Wildman–Crippen MR) is 95.3 cm³/mol. The second-order valence-corrected chi connectivity index (χ2v) is 6.23. The van der Waals surface area contributed by atoms with Crippen molar-refractivity contribution in [2.45, 2.75) is 19.2 Å². The van der Waals surface area contributed by atoms with E-state index in [1.165, 1.54) is 25.1 Å². The predicted octanol–water partition coefficient (Wildman–Crippen LogP) is 3.25. The SMILES string of the molecule is C[C@@H](O)CNc1nc(=O)n(-c2ccccc2Cl)c2nc(C(F)(F)F)ccc12. The molecule has 6 nitrogen and oxygen atoms in total. The van der Waals surface area contributed by atoms with E-state index in [9.17, 15) is 23.1 Å². The summed E-state index contributed by atoms with van der Waals surface area (Å²) in [6.45, 7) is 1.57. The Bertz CT molecular complexity index is 1050. The van der Waals surface area contributed by atoms with E-state index in [1.54, 1.807) is 12.1 Å². The molecule has 0 fully saturated rings. The lowest BCUT2D eigenvalue weighted by molar-refractivity contribution is -0.141. The maximum atomic E-state index is 13.1. The van der Waals surface area contributed by atoms with E-state index >= 15 is 0 Å². The average Bonchev–Trinajstić information content (AvgIpc) is 2.59. The van der Waals surface area contributed by atoms with E-state index in [2.05, 4.69) is 15.3 Å². The monoisotopic (exact) mass is 398 g/mol. The molecule has 0 amide bonds. The first-order valence-electron chi connectivity index (χ1n) is 7.86. The zero-order valence-corrected chi connectivity index (χ0v) is 14.7. The summed E-state index contributed by atoms with van der Waals surface area (Å²) in [5.74, 6) is 0.0282. The van der Waals surface area contributed by atoms with Crippen molar-refractivity contribution < 1.29 is 18.3 Å². The number of fused-ring (bicyclic) bond motifs is 1. The van der Waals surface area contributed by atoms with E-state index in [1.807, 2.05) is 0 Å². The minimum absolute atomic E-state index is 0.0282. The van der Waals surface area contributed by atoms with Crippen molar-refractivity contribution in [2.24, 2.45) is 0 Å². The number of pyridine rings is 1. The van der Waals surface area contributed by atoms with Crippen LogP contribution in [0.5, 0.6) is 0 Å². The molecule has 3 aromatic rings. The molecule has 0 radical (unpaired) electrons. The first-order valence-corrected chi connectivity index (χ1v) is 8.24. The van der Waals surface area contributed by atoms with Gasteiger partial charge >= 0.3 is 11.9 Å². The topological polar surface area (TPSA) is 80.0 Å². The molecule has 10 heteroatoms. The molecule has 0 unspecified atom stereocenters. The van der Waals surface area contributed by atoms with Crippen molar-refractivity contribution in [1.29, 1.82) is 0 Å². The van der Waals surface area contributed by atoms with Crippen LogP contribution in [0.3, 0.4) is 0 Å². The molecule has 142 valence electrons. The minimum atomic E-state index is -4.69. The quantitative estimate of drug-likeness (QED) is 0.705. The van der Waals surface area contributed by atoms with Gasteiger partial charge in [0.2, 0.25) is 0 Å². The average molecular weight is 399 g/mol. The number of aliphatic hydroxyl groups excluding tert-OH is 1. The summed E-state index contributed by atoms with van der Waals surface area (Å²) >= 11 is 6.12. The highest BCUT2D eigenvalue weighted by Gasteiger charge is 2.33. The lowest BCUT2D eigenvalue weighted by Crippen LogP contribution is -2.26. The number of alkyl halides is 3. The van der Waals surface area contributed by atoms with Crippen LogP contribution in [0.4, 0.5) is 19.0 Å². The Hall–Kier alpha value is -2.65. The highest BCUT2D eigenvalue weighted by molar-refractivity contribution is 6.32. The van der Waals surface area contributed by atoms with E-state index in [4.69, 9.17) is 11.6 Å². The molecule has 2 heterocycles. The van der Waals surface area contributed by atoms with Crippen molar-refractivity contribution in [2.75, 3.05) is 11.9 Å². The van der Waals surface area contributed by atoms with Gasteiger partial charge in [0.05, 0.1) is 22.2 Å². The number of aliphatic hydroxyl groups is 1. The van der Waals surface area contributed by atoms with Gasteiger partial charge in [0.25, 0.3) is 0 Å². The third-order valence-electron chi connectivity index (χ3n) is 3.69. The maximum Gasteiger partial charge on any atom is 0.433 e. The van der Waals surface area contributed by atoms with Gasteiger partial charge in [-0.25, -0.2) is 14.3 Å². The Labute approximate surface area is 156 Å². The molecular weight excluding hydrogens is 385 g/mol. The zero-order chi connectivity index (χ0) is 19.8. The van der Waals surface area contributed by atoms with Gasteiger partial charge in [0, 0.05) is 6.54 Å². The van der Waals surface area contributed by atoms with Crippen LogP contribution in [0.2, 0.25) is 5.02 Å². The number of hydrogen-bond donors (Lipinski definition) is 2. The van der Waals surface area contributed by atoms with Crippen LogP contribution in [-0.4, -0.2) is 32.3 Å². The zero-order valence-electron chi connectivity index (χ0n) is 14.0. The first-order chi connectivity index (χ1) is 12.7. The number of hydrogen-bond acceptors (Lipinski definition) is 5. The number of nitrogens with zero attached hydrogens (tertiary/aromatic N) is 3. The second-order valence-electron chi connectivity index (χ2n) is 5.83. The molecule has 3 rings (SSSR count). The molecule has 0 aliphatic carbocycles. The Morgan fingerprint density at radius 2 is 1.93 bits per heavy atom. The molecule has 27 heavy (non-hydrogen) atoms. The number of halogens is 4. The normalized spacial score (nSPS) is 13.0. The van der Waals surface area contributed by atoms with Crippen molar-refractivity contribution >= 4 is 28.5 Å². The van der Waals surface area contributed by atoms with E-state index in [-0.39, 0.29) is 34.1 Å². The second kappa shape index (κ2) is 7.16. The number of rotatable bonds is 4. The van der Waals surface area contributed by atoms with Gasteiger partial charge in [-0.15, -0.1) is 0 Å². The largest absolute Gasteiger partial charge is 0.433 e. The highest BCUT2D eigenvalue weighted by atomic mass is 35.5. The van der Waals surface area contributed by atoms with E-state index in [0.717, 1.165) is 10.6 Å². The third-order valence-corrected chi connectivity index (χ3v) is 4.01. The van der Waals surface area contributed by atoms with Gasteiger partial charge in [0.15, 0.2) is 5.65 Å². The van der Waals surface area contributed by atoms with Crippen LogP contribution < -0.4 is 11.0 Å². The van der Waals surface area contributed by atoms with Crippen LogP contribution in [0.1, 0.15) is 12.6 Å². The highest BCUT2D eigenvalue weighted by Crippen LogP contribution is 2.31. The lowest BCUT2D eigenvalue weighted by Gasteiger charge is -2.16. The molecule has 2 N–H and O–H groups in total. The molecule has 0 spiro atoms. The molecule has 0 saturated carbocycles. The third kappa shape index (κ3) is 3.88. The van der Waals surface area contributed by atoms with Gasteiger partial charge in [-0.1, -0.05) is 23.7 Å². The van der Waals surface area contributed by atoms with E-state index in [0.29, 0.717) is 0 Å². The number of para-hydroxylation sites is 1. The lowest BCUT2D eigenvalue weighted by atomic mass is 10.2. The van der Waals surface area contributed by atoms with Crippen molar-refractivity contribution in [3.8, 4) is 5.69 Å². The standard InChI is InChI=1S/C17H14ClF3N4O2/c1-9(26)8-22-14-10-6-7-13(17(19,20)21)23-15(10)25(16(27)24-14)12-5-3-2-4-11(12)18/h2-7,9,26H,8H2,1H3,(H,22,24,27)/t9-/m1/s1. The molecule has 0 aliphatic heterocycles. The summed E-state index contributed by atoms with van der Waals surface area (Å²) in [6.07, 6.45) is -5.44. The Morgan fingerprint density at radius 3 is 2.56 bits per heavy atom. The fraction of sp³-hybridized carbons (Fsp3) is 0.235. The summed E-state index contributed by atoms with van der Waals surface area (Å²) in [4.78, 5) is 20.1. The van der Waals surface area contributed by atoms with Crippen LogP contribution in [0.25, 0.3) is 16.7 Å². The molecule has 1 atom stereocenters. The molecule has 2 aromatic heterocycles. The summed E-state index contributed by atoms with van der Waals surface area (Å²) < 4.78 is 40.4. The summed E-state index contributed by atoms with van der Waals surface area (Å²) in [5, 5.41) is 12.5. The summed E-state index contributed by atoms with van der Waals surface area (Å²) in [5.41, 5.74) is -2.08.